The van der Waals surface area contributed by atoms with Gasteiger partial charge in [-0.15, -0.1) is 0 Å². The molecular formula is C24H19N3. The molecule has 0 saturated heterocycles. The number of rotatable bonds is 4. The minimum Gasteiger partial charge on any atom is -0.361 e. The summed E-state index contributed by atoms with van der Waals surface area (Å²) in [6.45, 7) is 0. The van der Waals surface area contributed by atoms with Crippen molar-refractivity contribution in [3.05, 3.63) is 114 Å². The van der Waals surface area contributed by atoms with Crippen molar-refractivity contribution in [2.24, 2.45) is 4.99 Å². The van der Waals surface area contributed by atoms with Gasteiger partial charge in [-0.05, 0) is 41.5 Å². The van der Waals surface area contributed by atoms with Gasteiger partial charge in [0, 0.05) is 29.4 Å². The first-order valence-corrected chi connectivity index (χ1v) is 9.08. The highest BCUT2D eigenvalue weighted by Gasteiger charge is 2.42. The quantitative estimate of drug-likeness (QED) is 0.494. The number of H-pyrrole nitrogens is 2. The number of hydrogen-bond acceptors (Lipinski definition) is 1. The summed E-state index contributed by atoms with van der Waals surface area (Å²) in [5.74, 6) is 0. The Balaban J connectivity index is 1.70. The lowest BCUT2D eigenvalue weighted by Crippen LogP contribution is -2.26. The first-order valence-electron chi connectivity index (χ1n) is 9.08. The van der Waals surface area contributed by atoms with Crippen LogP contribution in [0.4, 0.5) is 0 Å². The van der Waals surface area contributed by atoms with E-state index < -0.39 is 5.54 Å². The first kappa shape index (κ1) is 15.6. The average molecular weight is 349 g/mol. The zero-order chi connectivity index (χ0) is 18.1. The van der Waals surface area contributed by atoms with Gasteiger partial charge in [0.2, 0.25) is 0 Å². The topological polar surface area (TPSA) is 43.9 Å². The van der Waals surface area contributed by atoms with Crippen LogP contribution in [-0.4, -0.2) is 16.2 Å². The normalized spacial score (nSPS) is 18.6. The van der Waals surface area contributed by atoms with Crippen LogP contribution in [-0.2, 0) is 5.54 Å². The molecule has 130 valence electrons. The third-order valence-corrected chi connectivity index (χ3v) is 5.14. The molecule has 0 bridgehead atoms. The molecule has 1 unspecified atom stereocenters. The molecule has 4 aromatic rings. The van der Waals surface area contributed by atoms with Gasteiger partial charge in [0.25, 0.3) is 0 Å². The van der Waals surface area contributed by atoms with E-state index in [1.165, 1.54) is 5.56 Å². The molecule has 0 amide bonds. The van der Waals surface area contributed by atoms with E-state index in [0.29, 0.717) is 0 Å². The molecule has 0 radical (unpaired) electrons. The molecule has 3 heterocycles. The Kier molecular flexibility index (Phi) is 3.65. The van der Waals surface area contributed by atoms with E-state index in [9.17, 15) is 0 Å². The highest BCUT2D eigenvalue weighted by molar-refractivity contribution is 5.95. The van der Waals surface area contributed by atoms with Gasteiger partial charge in [0.1, 0.15) is 0 Å². The molecular weight excluding hydrogens is 330 g/mol. The largest absolute Gasteiger partial charge is 0.361 e. The summed E-state index contributed by atoms with van der Waals surface area (Å²) >= 11 is 0. The number of nitrogens with zero attached hydrogens (tertiary/aromatic N) is 1. The van der Waals surface area contributed by atoms with Crippen molar-refractivity contribution in [1.82, 2.24) is 9.97 Å². The van der Waals surface area contributed by atoms with E-state index in [2.05, 4.69) is 82.8 Å². The van der Waals surface area contributed by atoms with Crippen LogP contribution in [0, 0.1) is 0 Å². The van der Waals surface area contributed by atoms with Gasteiger partial charge in [-0.25, -0.2) is 0 Å². The van der Waals surface area contributed by atoms with E-state index in [0.717, 1.165) is 28.2 Å². The van der Waals surface area contributed by atoms with E-state index >= 15 is 0 Å². The van der Waals surface area contributed by atoms with Gasteiger partial charge in [0.15, 0.2) is 5.54 Å². The zero-order valence-corrected chi connectivity index (χ0v) is 14.8. The molecule has 0 spiro atoms. The summed E-state index contributed by atoms with van der Waals surface area (Å²) in [5.41, 5.74) is 6.09. The molecule has 0 saturated carbocycles. The molecule has 2 N–H and O–H groups in total. The second-order valence-corrected chi connectivity index (χ2v) is 6.67. The molecule has 3 nitrogen and oxygen atoms in total. The molecule has 2 aromatic carbocycles. The van der Waals surface area contributed by atoms with Crippen molar-refractivity contribution in [1.29, 1.82) is 0 Å². The van der Waals surface area contributed by atoms with E-state index in [1.807, 2.05) is 30.6 Å². The fraction of sp³-hybridized carbons (Fsp3) is 0.0417. The predicted molar refractivity (Wildman–Crippen MR) is 111 cm³/mol. The summed E-state index contributed by atoms with van der Waals surface area (Å²) < 4.78 is 0. The highest BCUT2D eigenvalue weighted by Crippen LogP contribution is 2.47. The highest BCUT2D eigenvalue weighted by atomic mass is 15.0. The second kappa shape index (κ2) is 6.29. The molecule has 1 aliphatic rings. The Morgan fingerprint density at radius 3 is 2.22 bits per heavy atom. The number of hydrogen-bond donors (Lipinski definition) is 2. The van der Waals surface area contributed by atoms with Crippen molar-refractivity contribution < 1.29 is 0 Å². The van der Waals surface area contributed by atoms with Crippen LogP contribution in [0.2, 0.25) is 0 Å². The third kappa shape index (κ3) is 2.48. The van der Waals surface area contributed by atoms with Gasteiger partial charge >= 0.3 is 0 Å². The summed E-state index contributed by atoms with van der Waals surface area (Å²) in [5, 5.41) is 0. The average Bonchev–Trinajstić information content (AvgIpc) is 3.49. The fourth-order valence-electron chi connectivity index (χ4n) is 3.87. The van der Waals surface area contributed by atoms with E-state index in [-0.39, 0.29) is 0 Å². The summed E-state index contributed by atoms with van der Waals surface area (Å²) in [7, 11) is 0. The van der Waals surface area contributed by atoms with Crippen molar-refractivity contribution in [2.75, 3.05) is 0 Å². The Bertz CT molecular complexity index is 1100. The number of aromatic amines is 2. The lowest BCUT2D eigenvalue weighted by atomic mass is 9.80. The van der Waals surface area contributed by atoms with E-state index in [4.69, 9.17) is 4.99 Å². The maximum atomic E-state index is 4.98. The number of allylic oxidation sites excluding steroid dienone is 1. The minimum atomic E-state index is -0.584. The van der Waals surface area contributed by atoms with Gasteiger partial charge in [-0.1, -0.05) is 60.7 Å². The van der Waals surface area contributed by atoms with Crippen molar-refractivity contribution in [3.63, 3.8) is 0 Å². The second-order valence-electron chi connectivity index (χ2n) is 6.67. The summed E-state index contributed by atoms with van der Waals surface area (Å²) in [6.07, 6.45) is 5.96. The van der Waals surface area contributed by atoms with E-state index in [1.54, 1.807) is 0 Å². The predicted octanol–water partition coefficient (Wildman–Crippen LogP) is 5.42. The Labute approximate surface area is 158 Å². The number of aliphatic imine (C=N–C) groups is 1. The van der Waals surface area contributed by atoms with Gasteiger partial charge in [0.05, 0.1) is 5.69 Å². The standard InChI is InChI=1S/C24H19N3/c1-3-8-18(9-4-1)21-13-14-23(27-21)24(19-10-5-2-6-11-19)20(15-17-26-24)22-12-7-16-25-22/h1-17,25,27H. The van der Waals surface area contributed by atoms with Crippen molar-refractivity contribution in [3.8, 4) is 11.3 Å². The van der Waals surface area contributed by atoms with Gasteiger partial charge in [-0.2, -0.15) is 0 Å². The smallest absolute Gasteiger partial charge is 0.152 e. The van der Waals surface area contributed by atoms with Crippen LogP contribution in [0.25, 0.3) is 16.8 Å². The molecule has 1 aliphatic heterocycles. The number of benzene rings is 2. The van der Waals surface area contributed by atoms with Crippen molar-refractivity contribution in [2.45, 2.75) is 5.54 Å². The number of nitrogens with one attached hydrogen (secondary N) is 2. The first-order chi connectivity index (χ1) is 13.4. The molecule has 0 fully saturated rings. The number of aromatic nitrogens is 2. The Morgan fingerprint density at radius 1 is 0.704 bits per heavy atom. The molecule has 2 aromatic heterocycles. The zero-order valence-electron chi connectivity index (χ0n) is 14.8. The Morgan fingerprint density at radius 2 is 1.48 bits per heavy atom. The van der Waals surface area contributed by atoms with Crippen LogP contribution in [0.5, 0.6) is 0 Å². The molecule has 3 heteroatoms. The van der Waals surface area contributed by atoms with Gasteiger partial charge < -0.3 is 9.97 Å². The van der Waals surface area contributed by atoms with Crippen LogP contribution >= 0.6 is 0 Å². The maximum absolute atomic E-state index is 4.98. The Hall–Kier alpha value is -3.59. The lowest BCUT2D eigenvalue weighted by molar-refractivity contribution is 0.695. The fourth-order valence-corrected chi connectivity index (χ4v) is 3.87. The molecule has 5 rings (SSSR count). The molecule has 0 aliphatic carbocycles. The molecule has 1 atom stereocenters. The minimum absolute atomic E-state index is 0.584. The lowest BCUT2D eigenvalue weighted by Gasteiger charge is -2.29. The summed E-state index contributed by atoms with van der Waals surface area (Å²) in [6, 6.07) is 29.2. The maximum Gasteiger partial charge on any atom is 0.152 e. The van der Waals surface area contributed by atoms with Crippen LogP contribution in [0.15, 0.2) is 102 Å². The van der Waals surface area contributed by atoms with Crippen LogP contribution in [0.1, 0.15) is 17.0 Å². The van der Waals surface area contributed by atoms with Crippen LogP contribution in [0.3, 0.4) is 0 Å². The SMILES string of the molecule is C1=NC(c2ccccc2)(c2ccc(-c3ccccc3)[nH]2)C(c2ccc[nH]2)=C1. The van der Waals surface area contributed by atoms with Gasteiger partial charge in [-0.3, -0.25) is 4.99 Å². The van der Waals surface area contributed by atoms with Crippen molar-refractivity contribution >= 4 is 11.8 Å². The summed E-state index contributed by atoms with van der Waals surface area (Å²) in [4.78, 5) is 12.0. The monoisotopic (exact) mass is 349 g/mol. The van der Waals surface area contributed by atoms with Crippen LogP contribution < -0.4 is 0 Å². The third-order valence-electron chi connectivity index (χ3n) is 5.14. The molecule has 27 heavy (non-hydrogen) atoms.